The van der Waals surface area contributed by atoms with Gasteiger partial charge in [-0.3, -0.25) is 0 Å². The Morgan fingerprint density at radius 2 is 0.464 bits per heavy atom. The van der Waals surface area contributed by atoms with E-state index in [1.165, 1.54) is 0 Å². The van der Waals surface area contributed by atoms with Crippen molar-refractivity contribution in [3.8, 4) is 12.1 Å². The van der Waals surface area contributed by atoms with E-state index in [4.69, 9.17) is 66.3 Å². The average molecular weight is 1260 g/mol. The third kappa shape index (κ3) is 13.7. The van der Waals surface area contributed by atoms with Crippen LogP contribution < -0.4 is 0 Å². The monoisotopic (exact) mass is 1260 g/mol. The van der Waals surface area contributed by atoms with Crippen LogP contribution in [0.2, 0.25) is 0 Å². The van der Waals surface area contributed by atoms with Gasteiger partial charge in [0.2, 0.25) is 0 Å². The van der Waals surface area contributed by atoms with Gasteiger partial charge in [0, 0.05) is 5.75 Å². The molecular formula is C46H70N2O34S2. The summed E-state index contributed by atoms with van der Waals surface area (Å²) in [6.07, 6.45) is -71.3. The molecule has 21 aliphatic rings. The van der Waals surface area contributed by atoms with Gasteiger partial charge in [-0.25, -0.2) is 0 Å². The summed E-state index contributed by atoms with van der Waals surface area (Å²) < 4.78 is 80.6. The van der Waals surface area contributed by atoms with Gasteiger partial charge >= 0.3 is 0 Å². The summed E-state index contributed by atoms with van der Waals surface area (Å²) in [6.45, 7) is -6.43. The van der Waals surface area contributed by atoms with E-state index in [0.29, 0.717) is 11.8 Å². The van der Waals surface area contributed by atoms with Crippen LogP contribution >= 0.6 is 24.4 Å². The summed E-state index contributed by atoms with van der Waals surface area (Å²) >= 11 is 4.58. The molecule has 21 fully saturated rings. The van der Waals surface area contributed by atoms with Gasteiger partial charge in [0.15, 0.2) is 44.0 Å². The quantitative estimate of drug-likeness (QED) is 0.0753. The van der Waals surface area contributed by atoms with Crippen molar-refractivity contribution in [3.05, 3.63) is 9.81 Å². The van der Waals surface area contributed by atoms with E-state index < -0.39 is 260 Å². The molecule has 21 heterocycles. The number of aliphatic hydroxyl groups excluding tert-OH is 20. The highest BCUT2D eigenvalue weighted by Gasteiger charge is 2.59. The lowest BCUT2D eigenvalue weighted by molar-refractivity contribution is -0.396. The molecule has 21 rings (SSSR count). The van der Waals surface area contributed by atoms with Gasteiger partial charge in [-0.2, -0.15) is 10.5 Å². The van der Waals surface area contributed by atoms with Gasteiger partial charge < -0.3 is 168 Å². The highest BCUT2D eigenvalue weighted by Crippen LogP contribution is 2.40. The third-order valence-electron chi connectivity index (χ3n) is 15.4. The first-order valence-electron chi connectivity index (χ1n) is 26.2. The molecule has 0 amide bonds. The number of aliphatic hydroxyl groups is 20. The van der Waals surface area contributed by atoms with Gasteiger partial charge in [-0.1, -0.05) is 0 Å². The maximum atomic E-state index is 11.7. The number of thioether (sulfide) groups is 1. The van der Waals surface area contributed by atoms with Crippen LogP contribution in [0.5, 0.6) is 0 Å². The number of hydrogen-bond acceptors (Lipinski definition) is 38. The molecule has 480 valence electrons. The van der Waals surface area contributed by atoms with Crippen molar-refractivity contribution >= 4 is 24.4 Å². The molecule has 0 aliphatic carbocycles. The second-order valence-electron chi connectivity index (χ2n) is 20.7. The fourth-order valence-corrected chi connectivity index (χ4v) is 11.9. The smallest absolute Gasteiger partial charge is 0.187 e. The van der Waals surface area contributed by atoms with Crippen LogP contribution in [0.15, 0.2) is 9.81 Å². The Kier molecular flexibility index (Phi) is 23.7. The second-order valence-corrected chi connectivity index (χ2v) is 22.2. The summed E-state index contributed by atoms with van der Waals surface area (Å²) in [5, 5.41) is 242. The van der Waals surface area contributed by atoms with Gasteiger partial charge in [0.25, 0.3) is 0 Å². The molecule has 0 aromatic rings. The number of nitriles is 2. The molecule has 0 radical (unpaired) electrons. The normalized spacial score (nSPS) is 51.9. The summed E-state index contributed by atoms with van der Waals surface area (Å²) in [6, 6.07) is 3.41. The van der Waals surface area contributed by atoms with Crippen molar-refractivity contribution in [2.24, 2.45) is 0 Å². The van der Waals surface area contributed by atoms with Crippen molar-refractivity contribution in [3.63, 3.8) is 0 Å². The molecule has 0 spiro atoms. The largest absolute Gasteiger partial charge is 0.394 e. The predicted octanol–water partition coefficient (Wildman–Crippen LogP) is -13.3. The highest BCUT2D eigenvalue weighted by molar-refractivity contribution is 8.04. The Hall–Kier alpha value is -1.94. The van der Waals surface area contributed by atoms with Gasteiger partial charge in [0.05, 0.1) is 45.7 Å². The van der Waals surface area contributed by atoms with E-state index in [0.717, 1.165) is 0 Å². The van der Waals surface area contributed by atoms with Crippen LogP contribution in [-0.2, 0) is 66.3 Å². The van der Waals surface area contributed by atoms with E-state index in [1.807, 2.05) is 0 Å². The summed E-state index contributed by atoms with van der Waals surface area (Å²) in [7, 11) is 0. The minimum atomic E-state index is -2.26. The fourth-order valence-electron chi connectivity index (χ4n) is 10.8. The molecule has 20 N–H and O–H groups in total. The first kappa shape index (κ1) is 68.0. The number of hydrogen-bond donors (Lipinski definition) is 21. The van der Waals surface area contributed by atoms with Crippen LogP contribution in [-0.4, -0.2) is 362 Å². The van der Waals surface area contributed by atoms with Crippen LogP contribution in [0.3, 0.4) is 0 Å². The maximum Gasteiger partial charge on any atom is 0.187 e. The van der Waals surface area contributed by atoms with E-state index in [-0.39, 0.29) is 9.81 Å². The Morgan fingerprint density at radius 1 is 0.286 bits per heavy atom. The van der Waals surface area contributed by atoms with E-state index in [2.05, 4.69) is 12.6 Å². The first-order valence-corrected chi connectivity index (χ1v) is 27.6. The highest BCUT2D eigenvalue weighted by atomic mass is 32.2. The molecule has 21 aliphatic heterocycles. The number of nitrogens with zero attached hydrogens (tertiary/aromatic N) is 2. The SMILES string of the molecule is N#C/C(S)=C(/C#N)SC[C@H]1O[C@@H]2O[C@H]3[C@H](O)[C@H](O)[C@@H](O[C@H]4[C@H](O)[C@H](O)[C@@H](O[C@H]5[C@H](O)[C@@H](O)[C@@H](O[C@H]6[C@H](O)[C@@H](O)[C@@H](O[C@H]7[C@H](O)[C@@H](O)[C@@H](O[C@H]8[C@H](O)[C@@H](O)[C@@H](O[C@H]1[C@H](O)[C@H]2O)O[C@@H]8CO)O[C@@H]7CO)O[C@@H]6CO)O[C@@H]5CO)O[C@@H]4CO)O[C@@H]3CO. The van der Waals surface area contributed by atoms with Crippen LogP contribution in [0.4, 0.5) is 0 Å². The maximum absolute atomic E-state index is 11.7. The zero-order valence-electron chi connectivity index (χ0n) is 43.6. The number of allylic oxidation sites excluding steroid dienone is 2. The third-order valence-corrected chi connectivity index (χ3v) is 17.0. The van der Waals surface area contributed by atoms with Gasteiger partial charge in [-0.05, 0) is 0 Å². The molecule has 0 aromatic carbocycles. The lowest BCUT2D eigenvalue weighted by Crippen LogP contribution is -2.68. The molecule has 35 atom stereocenters. The molecule has 36 nitrogen and oxygen atoms in total. The minimum absolute atomic E-state index is 0.309. The lowest BCUT2D eigenvalue weighted by Gasteiger charge is -2.50. The van der Waals surface area contributed by atoms with Crippen molar-refractivity contribution in [1.29, 1.82) is 10.5 Å². The number of thiol groups is 1. The van der Waals surface area contributed by atoms with Gasteiger partial charge in [-0.15, -0.1) is 24.4 Å². The van der Waals surface area contributed by atoms with Crippen LogP contribution in [0.25, 0.3) is 0 Å². The van der Waals surface area contributed by atoms with Crippen molar-refractivity contribution in [2.75, 3.05) is 45.4 Å². The Morgan fingerprint density at radius 3 is 0.631 bits per heavy atom. The van der Waals surface area contributed by atoms with Crippen LogP contribution in [0, 0.1) is 22.7 Å². The fraction of sp³-hybridized carbons (Fsp3) is 0.913. The second kappa shape index (κ2) is 29.3. The zero-order chi connectivity index (χ0) is 61.3. The molecule has 14 bridgehead atoms. The lowest BCUT2D eigenvalue weighted by atomic mass is 9.95. The molecular weight excluding hydrogens is 1190 g/mol. The topological polar surface area (TPSA) is 581 Å². The molecule has 0 aromatic heterocycles. The Labute approximate surface area is 484 Å². The van der Waals surface area contributed by atoms with E-state index >= 15 is 0 Å². The zero-order valence-corrected chi connectivity index (χ0v) is 45.3. The van der Waals surface area contributed by atoms with Gasteiger partial charge in [0.1, 0.15) is 187 Å². The molecule has 0 unspecified atom stereocenters. The summed E-state index contributed by atoms with van der Waals surface area (Å²) in [4.78, 5) is -0.690. The molecule has 84 heavy (non-hydrogen) atoms. The molecule has 0 saturated carbocycles. The van der Waals surface area contributed by atoms with Crippen molar-refractivity contribution in [1.82, 2.24) is 0 Å². The first-order chi connectivity index (χ1) is 40.0. The minimum Gasteiger partial charge on any atom is -0.394 e. The predicted molar refractivity (Wildman–Crippen MR) is 261 cm³/mol. The van der Waals surface area contributed by atoms with Crippen molar-refractivity contribution in [2.45, 2.75) is 215 Å². The Balaban J connectivity index is 1.11. The van der Waals surface area contributed by atoms with E-state index in [9.17, 15) is 113 Å². The van der Waals surface area contributed by atoms with Crippen molar-refractivity contribution < 1.29 is 168 Å². The van der Waals surface area contributed by atoms with E-state index in [1.54, 1.807) is 12.1 Å². The molecule has 21 saturated heterocycles. The van der Waals surface area contributed by atoms with Crippen LogP contribution in [0.1, 0.15) is 0 Å². The average Bonchev–Trinajstić information content (AvgIpc) is 2.07. The number of ether oxygens (including phenoxy) is 14. The Bertz CT molecular complexity index is 2230. The number of rotatable bonds is 9. The standard InChI is InChI=1S/C46H70N2O34S2/c47-1-17(83)18(2-48)84-9-16-39-25(61)32(68)46(75-16)81-38-15(8-54)73-44(30(66)23(38)59)79-36-13(6-52)71-42(28(64)21(36)57)77-34-11(4-50)69-40(26(62)19(34)55)76-33-10(3-49)70-41(27(63)20(33)56)78-35-12(5-51)72-43(29(65)22(35)58)80-37-14(7-53)74-45(82-39)31(67)24(37)60/h10-16,19-46,49-68,83H,3-9H2/b18-17+/t10-,11-,12-,13-,14-,15-,16-,19-,20-,21-,22-,23-,24-,25-,26-,27-,28+,29-,30+,31-,32-,33-,34-,35-,36-,37-,38-,39-,40-,41-,42-,43-,44-,45-,46-/m1/s1. The summed E-state index contributed by atoms with van der Waals surface area (Å²) in [5.41, 5.74) is 0. The summed E-state index contributed by atoms with van der Waals surface area (Å²) in [5.74, 6) is -0.510. The molecule has 38 heteroatoms.